The van der Waals surface area contributed by atoms with Gasteiger partial charge in [0.25, 0.3) is 0 Å². The van der Waals surface area contributed by atoms with Gasteiger partial charge in [-0.15, -0.1) is 0 Å². The lowest BCUT2D eigenvalue weighted by Crippen LogP contribution is -2.08. The summed E-state index contributed by atoms with van der Waals surface area (Å²) in [5.74, 6) is 1.57. The SMILES string of the molecule is CC(=O)SCCOCCOc1ccc(C)cc1. The van der Waals surface area contributed by atoms with E-state index in [1.54, 1.807) is 6.92 Å². The third-order valence-corrected chi connectivity index (χ3v) is 2.83. The van der Waals surface area contributed by atoms with Gasteiger partial charge in [-0.2, -0.15) is 0 Å². The topological polar surface area (TPSA) is 35.5 Å². The molecule has 1 rings (SSSR count). The molecule has 4 heteroatoms. The van der Waals surface area contributed by atoms with E-state index in [-0.39, 0.29) is 5.12 Å². The van der Waals surface area contributed by atoms with Crippen LogP contribution in [0, 0.1) is 6.92 Å². The Kier molecular flexibility index (Phi) is 6.74. The highest BCUT2D eigenvalue weighted by atomic mass is 32.2. The van der Waals surface area contributed by atoms with Gasteiger partial charge < -0.3 is 9.47 Å². The lowest BCUT2D eigenvalue weighted by Gasteiger charge is -2.06. The molecule has 0 saturated carbocycles. The van der Waals surface area contributed by atoms with Crippen LogP contribution in [0.5, 0.6) is 5.75 Å². The highest BCUT2D eigenvalue weighted by Crippen LogP contribution is 2.10. The minimum Gasteiger partial charge on any atom is -0.491 e. The van der Waals surface area contributed by atoms with Crippen molar-refractivity contribution in [1.82, 2.24) is 0 Å². The van der Waals surface area contributed by atoms with Crippen molar-refractivity contribution < 1.29 is 14.3 Å². The average molecular weight is 254 g/mol. The third-order valence-electron chi connectivity index (χ3n) is 2.05. The Bertz CT molecular complexity index is 335. The molecule has 0 aliphatic carbocycles. The average Bonchev–Trinajstić information content (AvgIpc) is 2.30. The maximum atomic E-state index is 10.6. The Morgan fingerprint density at radius 3 is 2.53 bits per heavy atom. The Labute approximate surface area is 106 Å². The number of aryl methyl sites for hydroxylation is 1. The first-order valence-electron chi connectivity index (χ1n) is 5.59. The summed E-state index contributed by atoms with van der Waals surface area (Å²) in [4.78, 5) is 10.6. The Hall–Kier alpha value is -1.00. The molecule has 1 aromatic carbocycles. The lowest BCUT2D eigenvalue weighted by molar-refractivity contribution is -0.109. The summed E-state index contributed by atoms with van der Waals surface area (Å²) < 4.78 is 10.8. The summed E-state index contributed by atoms with van der Waals surface area (Å²) in [6.07, 6.45) is 0. The molecule has 0 heterocycles. The maximum Gasteiger partial charge on any atom is 0.185 e. The lowest BCUT2D eigenvalue weighted by atomic mass is 10.2. The summed E-state index contributed by atoms with van der Waals surface area (Å²) in [6, 6.07) is 7.92. The normalized spacial score (nSPS) is 10.2. The van der Waals surface area contributed by atoms with Crippen LogP contribution in [0.2, 0.25) is 0 Å². The Morgan fingerprint density at radius 1 is 1.18 bits per heavy atom. The fraction of sp³-hybridized carbons (Fsp3) is 0.462. The molecule has 0 aliphatic heterocycles. The number of rotatable bonds is 7. The highest BCUT2D eigenvalue weighted by Gasteiger charge is 1.95. The van der Waals surface area contributed by atoms with E-state index < -0.39 is 0 Å². The van der Waals surface area contributed by atoms with Gasteiger partial charge in [0, 0.05) is 12.7 Å². The van der Waals surface area contributed by atoms with E-state index in [0.717, 1.165) is 5.75 Å². The van der Waals surface area contributed by atoms with Crippen molar-refractivity contribution in [1.29, 1.82) is 0 Å². The molecule has 0 aromatic heterocycles. The summed E-state index contributed by atoms with van der Waals surface area (Å²) in [7, 11) is 0. The number of hydrogen-bond acceptors (Lipinski definition) is 4. The second kappa shape index (κ2) is 8.14. The molecule has 0 unspecified atom stereocenters. The second-order valence-corrected chi connectivity index (χ2v) is 4.89. The van der Waals surface area contributed by atoms with Crippen LogP contribution in [-0.4, -0.2) is 30.7 Å². The van der Waals surface area contributed by atoms with Gasteiger partial charge in [-0.05, 0) is 19.1 Å². The number of carbonyl (C=O) groups excluding carboxylic acids is 1. The molecular formula is C13H18O3S. The van der Waals surface area contributed by atoms with Crippen LogP contribution in [0.3, 0.4) is 0 Å². The van der Waals surface area contributed by atoms with Gasteiger partial charge in [0.2, 0.25) is 0 Å². The molecule has 17 heavy (non-hydrogen) atoms. The molecule has 3 nitrogen and oxygen atoms in total. The molecule has 0 N–H and O–H groups in total. The van der Waals surface area contributed by atoms with E-state index >= 15 is 0 Å². The van der Waals surface area contributed by atoms with Gasteiger partial charge in [-0.1, -0.05) is 29.5 Å². The van der Waals surface area contributed by atoms with Crippen LogP contribution < -0.4 is 4.74 Å². The molecule has 0 amide bonds. The van der Waals surface area contributed by atoms with Crippen molar-refractivity contribution in [2.75, 3.05) is 25.6 Å². The number of ether oxygens (including phenoxy) is 2. The smallest absolute Gasteiger partial charge is 0.185 e. The van der Waals surface area contributed by atoms with Crippen molar-refractivity contribution in [3.05, 3.63) is 29.8 Å². The van der Waals surface area contributed by atoms with Crippen molar-refractivity contribution in [3.8, 4) is 5.75 Å². The van der Waals surface area contributed by atoms with Crippen LogP contribution in [0.1, 0.15) is 12.5 Å². The summed E-state index contributed by atoms with van der Waals surface area (Å²) in [6.45, 7) is 5.27. The predicted molar refractivity (Wildman–Crippen MR) is 70.6 cm³/mol. The first-order valence-corrected chi connectivity index (χ1v) is 6.57. The minimum absolute atomic E-state index is 0.129. The standard InChI is InChI=1S/C13H18O3S/c1-11-3-5-13(6-4-11)16-8-7-15-9-10-17-12(2)14/h3-6H,7-10H2,1-2H3. The molecule has 0 atom stereocenters. The molecule has 0 aliphatic rings. The molecule has 1 aromatic rings. The Morgan fingerprint density at radius 2 is 1.88 bits per heavy atom. The zero-order valence-corrected chi connectivity index (χ0v) is 11.1. The van der Waals surface area contributed by atoms with Crippen molar-refractivity contribution in [3.63, 3.8) is 0 Å². The number of carbonyl (C=O) groups is 1. The van der Waals surface area contributed by atoms with E-state index in [9.17, 15) is 4.79 Å². The zero-order chi connectivity index (χ0) is 12.5. The van der Waals surface area contributed by atoms with Crippen molar-refractivity contribution in [2.45, 2.75) is 13.8 Å². The van der Waals surface area contributed by atoms with Crippen LogP contribution >= 0.6 is 11.8 Å². The van der Waals surface area contributed by atoms with Crippen LogP contribution in [0.25, 0.3) is 0 Å². The van der Waals surface area contributed by atoms with Crippen molar-refractivity contribution in [2.24, 2.45) is 0 Å². The van der Waals surface area contributed by atoms with Gasteiger partial charge in [-0.3, -0.25) is 4.79 Å². The zero-order valence-electron chi connectivity index (χ0n) is 10.3. The van der Waals surface area contributed by atoms with Crippen LogP contribution in [0.15, 0.2) is 24.3 Å². The quantitative estimate of drug-likeness (QED) is 0.701. The monoisotopic (exact) mass is 254 g/mol. The molecule has 0 bridgehead atoms. The molecule has 0 fully saturated rings. The molecule has 0 radical (unpaired) electrons. The van der Waals surface area contributed by atoms with E-state index in [4.69, 9.17) is 9.47 Å². The van der Waals surface area contributed by atoms with Gasteiger partial charge in [0.1, 0.15) is 12.4 Å². The predicted octanol–water partition coefficient (Wildman–Crippen LogP) is 2.67. The van der Waals surface area contributed by atoms with Gasteiger partial charge in [0.15, 0.2) is 5.12 Å². The second-order valence-electron chi connectivity index (χ2n) is 3.61. The van der Waals surface area contributed by atoms with Crippen molar-refractivity contribution >= 4 is 16.9 Å². The fourth-order valence-electron chi connectivity index (χ4n) is 1.20. The maximum absolute atomic E-state index is 10.6. The van der Waals surface area contributed by atoms with E-state index in [1.807, 2.05) is 31.2 Å². The van der Waals surface area contributed by atoms with Gasteiger partial charge in [0.05, 0.1) is 13.2 Å². The number of thioether (sulfide) groups is 1. The Balaban J connectivity index is 2.01. The van der Waals surface area contributed by atoms with E-state index in [0.29, 0.717) is 25.6 Å². The molecular weight excluding hydrogens is 236 g/mol. The fourth-order valence-corrected chi connectivity index (χ4v) is 1.69. The van der Waals surface area contributed by atoms with Crippen LogP contribution in [0.4, 0.5) is 0 Å². The summed E-state index contributed by atoms with van der Waals surface area (Å²) in [5, 5.41) is 0.129. The third kappa shape index (κ3) is 7.02. The summed E-state index contributed by atoms with van der Waals surface area (Å²) >= 11 is 1.28. The van der Waals surface area contributed by atoms with Gasteiger partial charge >= 0.3 is 0 Å². The summed E-state index contributed by atoms with van der Waals surface area (Å²) in [5.41, 5.74) is 1.22. The number of benzene rings is 1. The van der Waals surface area contributed by atoms with Gasteiger partial charge in [-0.25, -0.2) is 0 Å². The number of hydrogen-bond donors (Lipinski definition) is 0. The minimum atomic E-state index is 0.129. The molecule has 0 spiro atoms. The molecule has 94 valence electrons. The molecule has 0 saturated heterocycles. The van der Waals surface area contributed by atoms with Crippen LogP contribution in [-0.2, 0) is 9.53 Å². The highest BCUT2D eigenvalue weighted by molar-refractivity contribution is 8.13. The van der Waals surface area contributed by atoms with E-state index in [1.165, 1.54) is 17.3 Å². The first-order chi connectivity index (χ1) is 8.18. The van der Waals surface area contributed by atoms with E-state index in [2.05, 4.69) is 0 Å². The first kappa shape index (κ1) is 14.1. The largest absolute Gasteiger partial charge is 0.491 e.